The first-order chi connectivity index (χ1) is 8.83. The largest absolute Gasteiger partial charge is 0.340 e. The van der Waals surface area contributed by atoms with Crippen LogP contribution in [0.2, 0.25) is 0 Å². The maximum absolute atomic E-state index is 4.92. The van der Waals surface area contributed by atoms with E-state index in [2.05, 4.69) is 45.1 Å². The number of thiophene rings is 1. The lowest BCUT2D eigenvalue weighted by atomic mass is 10.2. The van der Waals surface area contributed by atoms with Crippen molar-refractivity contribution in [1.82, 2.24) is 15.5 Å². The van der Waals surface area contributed by atoms with Crippen LogP contribution in [0.1, 0.15) is 17.3 Å². The van der Waals surface area contributed by atoms with Crippen LogP contribution in [0.4, 0.5) is 0 Å². The van der Waals surface area contributed by atoms with E-state index < -0.39 is 0 Å². The van der Waals surface area contributed by atoms with Gasteiger partial charge in [-0.25, -0.2) is 0 Å². The van der Waals surface area contributed by atoms with Gasteiger partial charge in [-0.3, -0.25) is 0 Å². The highest BCUT2D eigenvalue weighted by atomic mass is 32.1. The van der Waals surface area contributed by atoms with Crippen LogP contribution >= 0.6 is 11.3 Å². The van der Waals surface area contributed by atoms with E-state index in [9.17, 15) is 0 Å². The highest BCUT2D eigenvalue weighted by molar-refractivity contribution is 7.17. The molecule has 1 aromatic carbocycles. The summed E-state index contributed by atoms with van der Waals surface area (Å²) in [6, 6.07) is 8.44. The number of nitrogens with zero attached hydrogens (tertiary/aromatic N) is 2. The molecule has 0 spiro atoms. The van der Waals surface area contributed by atoms with Crippen LogP contribution in [0.25, 0.3) is 10.1 Å². The average Bonchev–Trinajstić information content (AvgIpc) is 2.97. The van der Waals surface area contributed by atoms with Crippen molar-refractivity contribution in [3.63, 3.8) is 0 Å². The highest BCUT2D eigenvalue weighted by Gasteiger charge is 2.04. The molecule has 0 saturated carbocycles. The van der Waals surface area contributed by atoms with E-state index in [1.807, 2.05) is 0 Å². The number of hydrogen-bond acceptors (Lipinski definition) is 5. The van der Waals surface area contributed by atoms with E-state index in [0.29, 0.717) is 18.3 Å². The van der Waals surface area contributed by atoms with Crippen molar-refractivity contribution < 1.29 is 4.52 Å². The Labute approximate surface area is 109 Å². The van der Waals surface area contributed by atoms with Gasteiger partial charge in [-0.15, -0.1) is 11.3 Å². The molecule has 0 atom stereocenters. The van der Waals surface area contributed by atoms with Gasteiger partial charge >= 0.3 is 0 Å². The molecular formula is C13H13N3OS. The Bertz CT molecular complexity index is 659. The molecule has 0 fully saturated rings. The monoisotopic (exact) mass is 259 g/mol. The van der Waals surface area contributed by atoms with Crippen LogP contribution in [0.5, 0.6) is 0 Å². The smallest absolute Gasteiger partial charge is 0.223 e. The van der Waals surface area contributed by atoms with Gasteiger partial charge in [-0.2, -0.15) is 4.98 Å². The Morgan fingerprint density at radius 1 is 1.28 bits per heavy atom. The van der Waals surface area contributed by atoms with Gasteiger partial charge in [-0.1, -0.05) is 23.4 Å². The lowest BCUT2D eigenvalue weighted by Gasteiger charge is -2.00. The number of hydrogen-bond donors (Lipinski definition) is 1. The Morgan fingerprint density at radius 3 is 3.00 bits per heavy atom. The van der Waals surface area contributed by atoms with Gasteiger partial charge < -0.3 is 9.84 Å². The molecule has 0 saturated heterocycles. The predicted octanol–water partition coefficient (Wildman–Crippen LogP) is 2.88. The van der Waals surface area contributed by atoms with E-state index in [1.165, 1.54) is 15.6 Å². The molecule has 1 N–H and O–H groups in total. The zero-order valence-corrected chi connectivity index (χ0v) is 10.8. The van der Waals surface area contributed by atoms with E-state index in [1.54, 1.807) is 18.3 Å². The summed E-state index contributed by atoms with van der Waals surface area (Å²) in [6.45, 7) is 3.24. The fourth-order valence-electron chi connectivity index (χ4n) is 1.89. The summed E-state index contributed by atoms with van der Waals surface area (Å²) < 4.78 is 6.25. The summed E-state index contributed by atoms with van der Waals surface area (Å²) >= 11 is 1.77. The second-order valence-corrected chi connectivity index (χ2v) is 5.00. The predicted molar refractivity (Wildman–Crippen MR) is 71.4 cm³/mol. The lowest BCUT2D eigenvalue weighted by Crippen LogP contribution is -2.13. The number of nitrogens with one attached hydrogen (secondary N) is 1. The third-order valence-electron chi connectivity index (χ3n) is 2.73. The molecule has 18 heavy (non-hydrogen) atoms. The molecule has 2 aromatic heterocycles. The molecule has 0 aliphatic carbocycles. The number of aromatic nitrogens is 2. The molecule has 0 amide bonds. The van der Waals surface area contributed by atoms with E-state index in [4.69, 9.17) is 4.52 Å². The molecule has 2 heterocycles. The van der Waals surface area contributed by atoms with Crippen LogP contribution in [0.3, 0.4) is 0 Å². The normalized spacial score (nSPS) is 11.2. The third-order valence-corrected chi connectivity index (χ3v) is 3.74. The Kier molecular flexibility index (Phi) is 3.08. The minimum atomic E-state index is 0.604. The zero-order valence-electron chi connectivity index (χ0n) is 10.0. The van der Waals surface area contributed by atoms with Crippen molar-refractivity contribution in [2.24, 2.45) is 0 Å². The summed E-state index contributed by atoms with van der Waals surface area (Å²) in [5.74, 6) is 1.31. The summed E-state index contributed by atoms with van der Waals surface area (Å²) in [5.41, 5.74) is 1.32. The van der Waals surface area contributed by atoms with E-state index >= 15 is 0 Å². The molecule has 92 valence electrons. The minimum absolute atomic E-state index is 0.604. The Morgan fingerprint density at radius 2 is 2.17 bits per heavy atom. The number of rotatable bonds is 4. The molecular weight excluding hydrogens is 246 g/mol. The standard InChI is InChI=1S/C13H13N3OS/c1-9-15-13(16-17-9)7-14-6-10-8-18-12-5-3-2-4-11(10)12/h2-5,8,14H,6-7H2,1H3. The molecule has 0 bridgehead atoms. The van der Waals surface area contributed by atoms with Crippen molar-refractivity contribution >= 4 is 21.4 Å². The maximum atomic E-state index is 4.92. The summed E-state index contributed by atoms with van der Waals surface area (Å²) in [5, 5.41) is 10.7. The first-order valence-corrected chi connectivity index (χ1v) is 6.66. The van der Waals surface area contributed by atoms with E-state index in [-0.39, 0.29) is 0 Å². The maximum Gasteiger partial charge on any atom is 0.223 e. The molecule has 0 aliphatic rings. The number of aryl methyl sites for hydroxylation is 1. The molecule has 4 nitrogen and oxygen atoms in total. The van der Waals surface area contributed by atoms with Crippen molar-refractivity contribution in [1.29, 1.82) is 0 Å². The minimum Gasteiger partial charge on any atom is -0.340 e. The SMILES string of the molecule is Cc1nc(CNCc2csc3ccccc23)no1. The van der Waals surface area contributed by atoms with Crippen LogP contribution < -0.4 is 5.32 Å². The lowest BCUT2D eigenvalue weighted by molar-refractivity contribution is 0.385. The average molecular weight is 259 g/mol. The fourth-order valence-corrected chi connectivity index (χ4v) is 2.85. The van der Waals surface area contributed by atoms with E-state index in [0.717, 1.165) is 6.54 Å². The van der Waals surface area contributed by atoms with Crippen LogP contribution in [0.15, 0.2) is 34.2 Å². The Balaban J connectivity index is 1.66. The molecule has 0 unspecified atom stereocenters. The zero-order chi connectivity index (χ0) is 12.4. The second-order valence-electron chi connectivity index (χ2n) is 4.09. The van der Waals surface area contributed by atoms with Crippen LogP contribution in [-0.2, 0) is 13.1 Å². The molecule has 0 radical (unpaired) electrons. The number of fused-ring (bicyclic) bond motifs is 1. The van der Waals surface area contributed by atoms with Crippen LogP contribution in [0, 0.1) is 6.92 Å². The molecule has 0 aliphatic heterocycles. The van der Waals surface area contributed by atoms with Gasteiger partial charge in [0.1, 0.15) is 0 Å². The third kappa shape index (κ3) is 2.27. The highest BCUT2D eigenvalue weighted by Crippen LogP contribution is 2.25. The van der Waals surface area contributed by atoms with Gasteiger partial charge in [0, 0.05) is 18.2 Å². The van der Waals surface area contributed by atoms with Crippen molar-refractivity contribution in [3.8, 4) is 0 Å². The summed E-state index contributed by atoms with van der Waals surface area (Å²) in [7, 11) is 0. The quantitative estimate of drug-likeness (QED) is 0.782. The topological polar surface area (TPSA) is 51.0 Å². The van der Waals surface area contributed by atoms with Gasteiger partial charge in [0.2, 0.25) is 5.89 Å². The van der Waals surface area contributed by atoms with Gasteiger partial charge in [0.25, 0.3) is 0 Å². The van der Waals surface area contributed by atoms with Gasteiger partial charge in [-0.05, 0) is 22.4 Å². The molecule has 5 heteroatoms. The molecule has 3 rings (SSSR count). The van der Waals surface area contributed by atoms with Crippen molar-refractivity contribution in [2.45, 2.75) is 20.0 Å². The van der Waals surface area contributed by atoms with Crippen molar-refractivity contribution in [3.05, 3.63) is 46.9 Å². The first-order valence-electron chi connectivity index (χ1n) is 5.78. The number of benzene rings is 1. The summed E-state index contributed by atoms with van der Waals surface area (Å²) in [6.07, 6.45) is 0. The fraction of sp³-hybridized carbons (Fsp3) is 0.231. The first kappa shape index (κ1) is 11.4. The van der Waals surface area contributed by atoms with Crippen LogP contribution in [-0.4, -0.2) is 10.1 Å². The summed E-state index contributed by atoms with van der Waals surface area (Å²) in [4.78, 5) is 4.15. The van der Waals surface area contributed by atoms with Gasteiger partial charge in [0.05, 0.1) is 6.54 Å². The molecule has 3 aromatic rings. The van der Waals surface area contributed by atoms with Crippen molar-refractivity contribution in [2.75, 3.05) is 0 Å². The van der Waals surface area contributed by atoms with Gasteiger partial charge in [0.15, 0.2) is 5.82 Å². The Hall–Kier alpha value is -1.72. The second kappa shape index (κ2) is 4.88.